The molecule has 52 heavy (non-hydrogen) atoms. The maximum atomic E-state index is 15.2. The Hall–Kier alpha value is -4.65. The molecule has 12 heteroatoms. The Labute approximate surface area is 301 Å². The van der Waals surface area contributed by atoms with Gasteiger partial charge in [0, 0.05) is 38.2 Å². The highest BCUT2D eigenvalue weighted by Crippen LogP contribution is 2.64. The minimum atomic E-state index is -2.21. The first kappa shape index (κ1) is 37.1. The number of esters is 4. The molecule has 2 aromatic rings. The fourth-order valence-electron chi connectivity index (χ4n) is 8.93. The van der Waals surface area contributed by atoms with E-state index in [4.69, 9.17) is 23.7 Å². The number of ketones is 1. The molecule has 0 amide bonds. The second kappa shape index (κ2) is 13.4. The Balaban J connectivity index is 1.59. The second-order valence-corrected chi connectivity index (χ2v) is 14.9. The smallest absolute Gasteiger partial charge is 0.338 e. The number of ether oxygens (including phenoxy) is 5. The van der Waals surface area contributed by atoms with Gasteiger partial charge in [0.15, 0.2) is 17.5 Å². The predicted molar refractivity (Wildman–Crippen MR) is 184 cm³/mol. The fourth-order valence-corrected chi connectivity index (χ4v) is 8.93. The molecule has 12 nitrogen and oxygen atoms in total. The number of rotatable bonds is 7. The number of aliphatic hydroxyl groups excluding tert-OH is 1. The third kappa shape index (κ3) is 5.86. The zero-order valence-electron chi connectivity index (χ0n) is 30.0. The van der Waals surface area contributed by atoms with Crippen LogP contribution in [-0.4, -0.2) is 88.2 Å². The maximum absolute atomic E-state index is 15.2. The van der Waals surface area contributed by atoms with Crippen molar-refractivity contribution in [1.29, 1.82) is 0 Å². The number of benzene rings is 2. The van der Waals surface area contributed by atoms with E-state index in [0.29, 0.717) is 5.57 Å². The molecule has 9 atom stereocenters. The third-order valence-corrected chi connectivity index (χ3v) is 11.7. The quantitative estimate of drug-likeness (QED) is 0.184. The zero-order chi connectivity index (χ0) is 37.8. The molecule has 1 saturated heterocycles. The lowest BCUT2D eigenvalue weighted by molar-refractivity contribution is -0.346. The summed E-state index contributed by atoms with van der Waals surface area (Å²) in [4.78, 5) is 68.3. The monoisotopic (exact) mass is 716 g/mol. The molecule has 1 aliphatic heterocycles. The van der Waals surface area contributed by atoms with Crippen LogP contribution >= 0.6 is 0 Å². The van der Waals surface area contributed by atoms with Gasteiger partial charge in [0.2, 0.25) is 0 Å². The molecule has 0 aromatic heterocycles. The van der Waals surface area contributed by atoms with Crippen LogP contribution in [-0.2, 0) is 42.9 Å². The van der Waals surface area contributed by atoms with Crippen LogP contribution in [0.3, 0.4) is 0 Å². The van der Waals surface area contributed by atoms with E-state index in [0.717, 1.165) is 12.5 Å². The number of fused-ring (bicyclic) bond motifs is 5. The van der Waals surface area contributed by atoms with Gasteiger partial charge in [-0.1, -0.05) is 62.4 Å². The maximum Gasteiger partial charge on any atom is 0.338 e. The summed E-state index contributed by atoms with van der Waals surface area (Å²) in [6.45, 7) is 8.40. The lowest BCUT2D eigenvalue weighted by atomic mass is 9.44. The zero-order valence-corrected chi connectivity index (χ0v) is 30.0. The first-order chi connectivity index (χ1) is 24.5. The molecule has 2 aromatic carbocycles. The van der Waals surface area contributed by atoms with Crippen LogP contribution in [0.4, 0.5) is 0 Å². The Bertz CT molecular complexity index is 1830. The highest BCUT2D eigenvalue weighted by atomic mass is 16.6. The molecule has 2 bridgehead atoms. The van der Waals surface area contributed by atoms with E-state index in [1.54, 1.807) is 57.2 Å². The summed E-state index contributed by atoms with van der Waals surface area (Å²) in [6, 6.07) is 17.1. The van der Waals surface area contributed by atoms with Crippen molar-refractivity contribution in [2.45, 2.75) is 96.1 Å². The van der Waals surface area contributed by atoms with Gasteiger partial charge in [-0.15, -0.1) is 0 Å². The van der Waals surface area contributed by atoms with Crippen LogP contribution in [0.1, 0.15) is 70.3 Å². The molecule has 4 aliphatic rings. The van der Waals surface area contributed by atoms with Gasteiger partial charge in [-0.3, -0.25) is 14.4 Å². The lowest BCUT2D eigenvalue weighted by Crippen LogP contribution is -2.82. The van der Waals surface area contributed by atoms with Crippen molar-refractivity contribution < 1.29 is 57.9 Å². The normalized spacial score (nSPS) is 34.8. The standard InChI is InChI=1S/C40H44O12/c1-22-27(50-30(44)18-17-25-13-9-7-10-14-25)20-40(47)35(51-36(46)26-15-11-8-12-16-26)33-38(6,28(43)19-29-39(33,21-48-29)52-24(3)42)34(45)32(49-23(2)41)31(22)37(40,4)5/h7-18,27-29,32-33,35,43,47H,19-21H2,1-6H3/t27-,28-,29+,32+,33?,35-,38+,39-,40+/m0/s1. The van der Waals surface area contributed by atoms with Gasteiger partial charge in [-0.05, 0) is 48.8 Å². The largest absolute Gasteiger partial charge is 0.455 e. The number of hydrogen-bond acceptors (Lipinski definition) is 12. The van der Waals surface area contributed by atoms with Crippen LogP contribution in [0.5, 0.6) is 0 Å². The average molecular weight is 717 g/mol. The van der Waals surface area contributed by atoms with Crippen LogP contribution in [0.15, 0.2) is 77.9 Å². The summed E-state index contributed by atoms with van der Waals surface area (Å²) in [7, 11) is 0. The summed E-state index contributed by atoms with van der Waals surface area (Å²) in [5.74, 6) is -5.37. The Morgan fingerprint density at radius 1 is 0.904 bits per heavy atom. The van der Waals surface area contributed by atoms with E-state index >= 15 is 4.79 Å². The van der Waals surface area contributed by atoms with E-state index in [2.05, 4.69) is 0 Å². The summed E-state index contributed by atoms with van der Waals surface area (Å²) < 4.78 is 30.0. The molecule has 2 N–H and O–H groups in total. The topological polar surface area (TPSA) is 172 Å². The van der Waals surface area contributed by atoms with E-state index < -0.39 is 88.1 Å². The molecule has 0 radical (unpaired) electrons. The first-order valence-corrected chi connectivity index (χ1v) is 17.3. The van der Waals surface area contributed by atoms with Crippen molar-refractivity contribution in [3.8, 4) is 0 Å². The average Bonchev–Trinajstić information content (AvgIpc) is 3.09. The first-order valence-electron chi connectivity index (χ1n) is 17.3. The molecule has 0 spiro atoms. The molecule has 1 heterocycles. The lowest BCUT2D eigenvalue weighted by Gasteiger charge is -2.67. The summed E-state index contributed by atoms with van der Waals surface area (Å²) >= 11 is 0. The van der Waals surface area contributed by atoms with Gasteiger partial charge < -0.3 is 33.9 Å². The molecule has 276 valence electrons. The highest BCUT2D eigenvalue weighted by molar-refractivity contribution is 5.95. The van der Waals surface area contributed by atoms with Crippen molar-refractivity contribution in [1.82, 2.24) is 0 Å². The number of Topliss-reactive ketones (excluding diaryl/α,β-unsaturated/α-hetero) is 1. The number of carbonyl (C=O) groups is 5. The SMILES string of the molecule is CC(=O)O[C@H]1C(=O)[C@@]2(C)C([C@H](OC(=O)c3ccccc3)[C@]3(O)C[C@H](OC(=O)C=Cc4ccccc4)C(C)=C1C3(C)C)[C@]1(OC(C)=O)CO[C@@H]1C[C@@H]2O. The van der Waals surface area contributed by atoms with Gasteiger partial charge in [-0.25, -0.2) is 9.59 Å². The molecule has 6 rings (SSSR count). The van der Waals surface area contributed by atoms with Crippen molar-refractivity contribution in [2.24, 2.45) is 16.7 Å². The van der Waals surface area contributed by atoms with E-state index in [-0.39, 0.29) is 30.6 Å². The Morgan fingerprint density at radius 2 is 1.54 bits per heavy atom. The Morgan fingerprint density at radius 3 is 2.12 bits per heavy atom. The fraction of sp³-hybridized carbons (Fsp3) is 0.475. The van der Waals surface area contributed by atoms with Crippen molar-refractivity contribution >= 4 is 35.7 Å². The third-order valence-electron chi connectivity index (χ3n) is 11.7. The van der Waals surface area contributed by atoms with Gasteiger partial charge in [0.25, 0.3) is 0 Å². The summed E-state index contributed by atoms with van der Waals surface area (Å²) in [6.07, 6.45) is -4.70. The van der Waals surface area contributed by atoms with Crippen molar-refractivity contribution in [3.63, 3.8) is 0 Å². The molecular weight excluding hydrogens is 672 g/mol. The van der Waals surface area contributed by atoms with E-state index in [9.17, 15) is 29.4 Å². The second-order valence-electron chi connectivity index (χ2n) is 14.9. The van der Waals surface area contributed by atoms with Crippen molar-refractivity contribution in [2.75, 3.05) is 6.61 Å². The van der Waals surface area contributed by atoms with E-state index in [1.807, 2.05) is 18.2 Å². The summed E-state index contributed by atoms with van der Waals surface area (Å²) in [5, 5.41) is 25.3. The van der Waals surface area contributed by atoms with Gasteiger partial charge >= 0.3 is 23.9 Å². The van der Waals surface area contributed by atoms with Crippen molar-refractivity contribution in [3.05, 3.63) is 89.0 Å². The predicted octanol–water partition coefficient (Wildman–Crippen LogP) is 3.92. The van der Waals surface area contributed by atoms with Crippen LogP contribution in [0, 0.1) is 16.7 Å². The molecule has 3 aliphatic carbocycles. The Kier molecular flexibility index (Phi) is 9.56. The van der Waals surface area contributed by atoms with Gasteiger partial charge in [0.05, 0.1) is 29.6 Å². The van der Waals surface area contributed by atoms with Gasteiger partial charge in [0.1, 0.15) is 23.9 Å². The van der Waals surface area contributed by atoms with E-state index in [1.165, 1.54) is 32.1 Å². The minimum absolute atomic E-state index is 0.132. The minimum Gasteiger partial charge on any atom is -0.455 e. The molecular formula is C40H44O12. The molecule has 2 saturated carbocycles. The number of hydrogen-bond donors (Lipinski definition) is 2. The number of aliphatic hydroxyl groups is 2. The van der Waals surface area contributed by atoms with Crippen LogP contribution in [0.25, 0.3) is 6.08 Å². The molecule has 1 unspecified atom stereocenters. The van der Waals surface area contributed by atoms with Crippen LogP contribution < -0.4 is 0 Å². The van der Waals surface area contributed by atoms with Gasteiger partial charge in [-0.2, -0.15) is 0 Å². The number of carbonyl (C=O) groups excluding carboxylic acids is 5. The summed E-state index contributed by atoms with van der Waals surface area (Å²) in [5.41, 5.74) is -6.01. The van der Waals surface area contributed by atoms with Crippen LogP contribution in [0.2, 0.25) is 0 Å². The molecule has 3 fully saturated rings. The highest BCUT2D eigenvalue weighted by Gasteiger charge is 2.78.